The number of H-pyrrole nitrogens is 1. The minimum Gasteiger partial charge on any atom is -0.482 e. The summed E-state index contributed by atoms with van der Waals surface area (Å²) in [6.07, 6.45) is 0. The zero-order valence-electron chi connectivity index (χ0n) is 8.13. The van der Waals surface area contributed by atoms with Crippen molar-refractivity contribution in [3.63, 3.8) is 0 Å². The SMILES string of the molecule is COc1cc2cccc(C)c2c(=O)[nH]1. The summed E-state index contributed by atoms with van der Waals surface area (Å²) in [7, 11) is 1.53. The van der Waals surface area contributed by atoms with Crippen molar-refractivity contribution in [3.05, 3.63) is 40.2 Å². The summed E-state index contributed by atoms with van der Waals surface area (Å²) in [6, 6.07) is 7.57. The summed E-state index contributed by atoms with van der Waals surface area (Å²) < 4.78 is 4.99. The lowest BCUT2D eigenvalue weighted by molar-refractivity contribution is 0.397. The van der Waals surface area contributed by atoms with Gasteiger partial charge in [-0.05, 0) is 17.9 Å². The Bertz CT molecular complexity index is 528. The third-order valence-electron chi connectivity index (χ3n) is 2.28. The molecule has 0 amide bonds. The maximum atomic E-state index is 11.6. The highest BCUT2D eigenvalue weighted by Crippen LogP contribution is 2.17. The van der Waals surface area contributed by atoms with Crippen LogP contribution in [0.3, 0.4) is 0 Å². The van der Waals surface area contributed by atoms with E-state index in [1.165, 1.54) is 7.11 Å². The van der Waals surface area contributed by atoms with Crippen LogP contribution in [-0.4, -0.2) is 12.1 Å². The number of methoxy groups -OCH3 is 1. The largest absolute Gasteiger partial charge is 0.482 e. The number of benzene rings is 1. The molecule has 0 spiro atoms. The lowest BCUT2D eigenvalue weighted by Crippen LogP contribution is -2.08. The monoisotopic (exact) mass is 189 g/mol. The Kier molecular flexibility index (Phi) is 2.00. The van der Waals surface area contributed by atoms with Gasteiger partial charge < -0.3 is 4.74 Å². The Morgan fingerprint density at radius 2 is 2.14 bits per heavy atom. The number of rotatable bonds is 1. The van der Waals surface area contributed by atoms with Crippen LogP contribution in [0, 0.1) is 6.92 Å². The first kappa shape index (κ1) is 8.81. The molecule has 0 saturated heterocycles. The maximum absolute atomic E-state index is 11.6. The third kappa shape index (κ3) is 1.27. The number of hydrogen-bond donors (Lipinski definition) is 1. The minimum atomic E-state index is -0.0996. The van der Waals surface area contributed by atoms with Crippen LogP contribution in [0.4, 0.5) is 0 Å². The molecule has 0 saturated carbocycles. The van der Waals surface area contributed by atoms with Crippen molar-refractivity contribution in [3.8, 4) is 5.88 Å². The first-order valence-corrected chi connectivity index (χ1v) is 4.39. The van der Waals surface area contributed by atoms with E-state index in [4.69, 9.17) is 4.74 Å². The van der Waals surface area contributed by atoms with Crippen LogP contribution in [0.2, 0.25) is 0 Å². The number of hydrogen-bond acceptors (Lipinski definition) is 2. The molecule has 14 heavy (non-hydrogen) atoms. The van der Waals surface area contributed by atoms with E-state index in [2.05, 4.69) is 4.98 Å². The third-order valence-corrected chi connectivity index (χ3v) is 2.28. The zero-order chi connectivity index (χ0) is 10.1. The molecule has 0 aliphatic carbocycles. The van der Waals surface area contributed by atoms with Crippen molar-refractivity contribution in [1.29, 1.82) is 0 Å². The van der Waals surface area contributed by atoms with E-state index < -0.39 is 0 Å². The van der Waals surface area contributed by atoms with Crippen molar-refractivity contribution in [2.24, 2.45) is 0 Å². The van der Waals surface area contributed by atoms with E-state index in [1.807, 2.05) is 31.2 Å². The predicted octanol–water partition coefficient (Wildman–Crippen LogP) is 1.85. The van der Waals surface area contributed by atoms with Gasteiger partial charge in [-0.25, -0.2) is 0 Å². The first-order valence-electron chi connectivity index (χ1n) is 4.39. The topological polar surface area (TPSA) is 42.1 Å². The molecule has 3 nitrogen and oxygen atoms in total. The Morgan fingerprint density at radius 3 is 2.86 bits per heavy atom. The van der Waals surface area contributed by atoms with Crippen LogP contribution in [-0.2, 0) is 0 Å². The minimum absolute atomic E-state index is 0.0996. The van der Waals surface area contributed by atoms with E-state index in [-0.39, 0.29) is 5.56 Å². The second kappa shape index (κ2) is 3.18. The Morgan fingerprint density at radius 1 is 1.36 bits per heavy atom. The van der Waals surface area contributed by atoms with Crippen LogP contribution in [0.15, 0.2) is 29.1 Å². The molecule has 1 heterocycles. The maximum Gasteiger partial charge on any atom is 0.258 e. The highest BCUT2D eigenvalue weighted by Gasteiger charge is 2.03. The smallest absolute Gasteiger partial charge is 0.258 e. The van der Waals surface area contributed by atoms with Crippen LogP contribution in [0.25, 0.3) is 10.8 Å². The molecule has 1 aromatic carbocycles. The summed E-state index contributed by atoms with van der Waals surface area (Å²) in [5.41, 5.74) is 0.879. The molecule has 1 aromatic heterocycles. The number of aromatic nitrogens is 1. The van der Waals surface area contributed by atoms with Crippen molar-refractivity contribution in [2.75, 3.05) is 7.11 Å². The highest BCUT2D eigenvalue weighted by molar-refractivity contribution is 5.85. The summed E-state index contributed by atoms with van der Waals surface area (Å²) >= 11 is 0. The molecule has 72 valence electrons. The summed E-state index contributed by atoms with van der Waals surface area (Å²) in [5, 5.41) is 1.64. The number of ether oxygens (including phenoxy) is 1. The van der Waals surface area contributed by atoms with Gasteiger partial charge in [-0.2, -0.15) is 0 Å². The van der Waals surface area contributed by atoms with Crippen LogP contribution in [0.1, 0.15) is 5.56 Å². The lowest BCUT2D eigenvalue weighted by Gasteiger charge is -2.03. The lowest BCUT2D eigenvalue weighted by atomic mass is 10.1. The van der Waals surface area contributed by atoms with Crippen molar-refractivity contribution < 1.29 is 4.74 Å². The molecule has 0 unspecified atom stereocenters. The number of nitrogens with one attached hydrogen (secondary N) is 1. The van der Waals surface area contributed by atoms with Gasteiger partial charge in [0.2, 0.25) is 0 Å². The average Bonchev–Trinajstić information content (AvgIpc) is 2.17. The normalized spacial score (nSPS) is 10.4. The van der Waals surface area contributed by atoms with Gasteiger partial charge in [-0.15, -0.1) is 0 Å². The standard InChI is InChI=1S/C11H11NO2/c1-7-4-3-5-8-6-9(14-2)12-11(13)10(7)8/h3-6H,1-2H3,(H,12,13). The van der Waals surface area contributed by atoms with Gasteiger partial charge in [0.1, 0.15) is 0 Å². The molecule has 0 radical (unpaired) electrons. The van der Waals surface area contributed by atoms with Gasteiger partial charge in [0.05, 0.1) is 12.5 Å². The number of fused-ring (bicyclic) bond motifs is 1. The fraction of sp³-hybridized carbons (Fsp3) is 0.182. The van der Waals surface area contributed by atoms with E-state index >= 15 is 0 Å². The van der Waals surface area contributed by atoms with Gasteiger partial charge in [0.25, 0.3) is 5.56 Å². The van der Waals surface area contributed by atoms with Gasteiger partial charge in [0.15, 0.2) is 5.88 Å². The fourth-order valence-electron chi connectivity index (χ4n) is 1.58. The van der Waals surface area contributed by atoms with Gasteiger partial charge in [0, 0.05) is 6.07 Å². The molecule has 0 fully saturated rings. The quantitative estimate of drug-likeness (QED) is 0.743. The predicted molar refractivity (Wildman–Crippen MR) is 55.9 cm³/mol. The molecule has 0 bridgehead atoms. The van der Waals surface area contributed by atoms with E-state index in [1.54, 1.807) is 0 Å². The molecule has 1 N–H and O–H groups in total. The van der Waals surface area contributed by atoms with Gasteiger partial charge in [-0.3, -0.25) is 9.78 Å². The zero-order valence-corrected chi connectivity index (χ0v) is 8.13. The van der Waals surface area contributed by atoms with E-state index in [9.17, 15) is 4.79 Å². The number of aromatic amines is 1. The van der Waals surface area contributed by atoms with Crippen LogP contribution >= 0.6 is 0 Å². The molecule has 2 aromatic rings. The van der Waals surface area contributed by atoms with Crippen molar-refractivity contribution in [2.45, 2.75) is 6.92 Å². The molecule has 0 atom stereocenters. The molecule has 0 aliphatic heterocycles. The summed E-state index contributed by atoms with van der Waals surface area (Å²) in [4.78, 5) is 14.3. The Balaban J connectivity index is 2.90. The fourth-order valence-corrected chi connectivity index (χ4v) is 1.58. The van der Waals surface area contributed by atoms with Crippen molar-refractivity contribution >= 4 is 10.8 Å². The van der Waals surface area contributed by atoms with Crippen molar-refractivity contribution in [1.82, 2.24) is 4.98 Å². The summed E-state index contributed by atoms with van der Waals surface area (Å²) in [5.74, 6) is 0.494. The molecule has 0 aliphatic rings. The average molecular weight is 189 g/mol. The summed E-state index contributed by atoms with van der Waals surface area (Å²) in [6.45, 7) is 1.92. The molecular weight excluding hydrogens is 178 g/mol. The first-order chi connectivity index (χ1) is 6.72. The van der Waals surface area contributed by atoms with Gasteiger partial charge in [-0.1, -0.05) is 18.2 Å². The number of aryl methyl sites for hydroxylation is 1. The Labute approximate surface area is 81.3 Å². The molecular formula is C11H11NO2. The van der Waals surface area contributed by atoms with Crippen LogP contribution < -0.4 is 10.3 Å². The number of pyridine rings is 1. The van der Waals surface area contributed by atoms with Gasteiger partial charge >= 0.3 is 0 Å². The second-order valence-electron chi connectivity index (χ2n) is 3.21. The Hall–Kier alpha value is -1.77. The van der Waals surface area contributed by atoms with E-state index in [0.717, 1.165) is 16.3 Å². The second-order valence-corrected chi connectivity index (χ2v) is 3.21. The molecule has 3 heteroatoms. The van der Waals surface area contributed by atoms with E-state index in [0.29, 0.717) is 5.88 Å². The highest BCUT2D eigenvalue weighted by atomic mass is 16.5. The molecule has 2 rings (SSSR count). The van der Waals surface area contributed by atoms with Crippen LogP contribution in [0.5, 0.6) is 5.88 Å².